The highest BCUT2D eigenvalue weighted by molar-refractivity contribution is 6.18. The quantitative estimate of drug-likeness (QED) is 0.624. The molecular weight excluding hydrogens is 146 g/mol. The third-order valence-corrected chi connectivity index (χ3v) is 2.88. The molecule has 0 radical (unpaired) electrons. The fourth-order valence-corrected chi connectivity index (χ4v) is 2.25. The van der Waals surface area contributed by atoms with Gasteiger partial charge in [-0.05, 0) is 38.3 Å². The minimum absolute atomic E-state index is 0.786. The molecule has 1 aliphatic carbocycles. The minimum Gasteiger partial charge on any atom is -0.319 e. The Kier molecular flexibility index (Phi) is 3.50. The molecule has 1 rings (SSSR count). The van der Waals surface area contributed by atoms with Crippen LogP contribution in [-0.2, 0) is 0 Å². The van der Waals surface area contributed by atoms with Gasteiger partial charge in [0.1, 0.15) is 0 Å². The van der Waals surface area contributed by atoms with Gasteiger partial charge in [0.2, 0.25) is 0 Å². The molecule has 2 heteroatoms. The second-order valence-corrected chi connectivity index (χ2v) is 3.47. The normalized spacial score (nSPS) is 33.0. The van der Waals surface area contributed by atoms with Crippen LogP contribution in [0.4, 0.5) is 0 Å². The Balaban J connectivity index is 2.27. The predicted octanol–water partition coefficient (Wildman–Crippen LogP) is 1.86. The summed E-state index contributed by atoms with van der Waals surface area (Å²) in [5.74, 6) is 2.49. The van der Waals surface area contributed by atoms with E-state index in [1.54, 1.807) is 0 Å². The first-order chi connectivity index (χ1) is 4.88. The first kappa shape index (κ1) is 8.35. The molecule has 0 amide bonds. The molecule has 1 aliphatic rings. The first-order valence-electron chi connectivity index (χ1n) is 4.09. The lowest BCUT2D eigenvalue weighted by Crippen LogP contribution is -2.22. The first-order valence-corrected chi connectivity index (χ1v) is 4.62. The van der Waals surface area contributed by atoms with E-state index in [1.165, 1.54) is 19.3 Å². The Morgan fingerprint density at radius 3 is 2.70 bits per heavy atom. The van der Waals surface area contributed by atoms with E-state index in [2.05, 4.69) is 5.32 Å². The van der Waals surface area contributed by atoms with Gasteiger partial charge in [-0.3, -0.25) is 0 Å². The molecule has 2 unspecified atom stereocenters. The van der Waals surface area contributed by atoms with Gasteiger partial charge >= 0.3 is 0 Å². The average molecular weight is 162 g/mol. The Morgan fingerprint density at radius 2 is 2.10 bits per heavy atom. The van der Waals surface area contributed by atoms with Crippen molar-refractivity contribution >= 4 is 11.6 Å². The van der Waals surface area contributed by atoms with Crippen molar-refractivity contribution in [2.24, 2.45) is 11.8 Å². The topological polar surface area (TPSA) is 12.0 Å². The van der Waals surface area contributed by atoms with Crippen molar-refractivity contribution in [2.75, 3.05) is 19.5 Å². The van der Waals surface area contributed by atoms with Crippen molar-refractivity contribution in [3.63, 3.8) is 0 Å². The lowest BCUT2D eigenvalue weighted by molar-refractivity contribution is 0.409. The van der Waals surface area contributed by atoms with Crippen LogP contribution in [0.25, 0.3) is 0 Å². The lowest BCUT2D eigenvalue weighted by atomic mass is 9.98. The molecule has 0 aromatic heterocycles. The van der Waals surface area contributed by atoms with Gasteiger partial charge in [0.05, 0.1) is 0 Å². The van der Waals surface area contributed by atoms with E-state index in [9.17, 15) is 0 Å². The number of halogens is 1. The zero-order valence-electron chi connectivity index (χ0n) is 6.57. The van der Waals surface area contributed by atoms with Gasteiger partial charge in [-0.15, -0.1) is 11.6 Å². The van der Waals surface area contributed by atoms with Crippen LogP contribution in [0.2, 0.25) is 0 Å². The molecule has 1 N–H and O–H groups in total. The summed E-state index contributed by atoms with van der Waals surface area (Å²) in [4.78, 5) is 0. The fraction of sp³-hybridized carbons (Fsp3) is 1.00. The van der Waals surface area contributed by atoms with Crippen molar-refractivity contribution in [1.82, 2.24) is 5.32 Å². The SMILES string of the molecule is CNCC1CCCC1CCl. The van der Waals surface area contributed by atoms with Crippen LogP contribution in [0.15, 0.2) is 0 Å². The van der Waals surface area contributed by atoms with Gasteiger partial charge in [-0.2, -0.15) is 0 Å². The zero-order valence-corrected chi connectivity index (χ0v) is 7.32. The molecule has 10 heavy (non-hydrogen) atoms. The maximum atomic E-state index is 5.81. The van der Waals surface area contributed by atoms with Crippen LogP contribution in [-0.4, -0.2) is 19.5 Å². The molecule has 0 aromatic rings. The standard InChI is InChI=1S/C8H16ClN/c1-10-6-8-4-2-3-7(8)5-9/h7-8,10H,2-6H2,1H3. The van der Waals surface area contributed by atoms with Gasteiger partial charge < -0.3 is 5.32 Å². The van der Waals surface area contributed by atoms with E-state index in [4.69, 9.17) is 11.6 Å². The Labute approximate surface area is 68.1 Å². The van der Waals surface area contributed by atoms with Gasteiger partial charge in [-0.1, -0.05) is 6.42 Å². The smallest absolute Gasteiger partial charge is 0.0254 e. The molecule has 0 saturated heterocycles. The molecule has 1 fully saturated rings. The Bertz CT molecular complexity index is 95.3. The molecule has 0 aliphatic heterocycles. The third kappa shape index (κ3) is 1.86. The van der Waals surface area contributed by atoms with Crippen molar-refractivity contribution in [2.45, 2.75) is 19.3 Å². The molecule has 0 aromatic carbocycles. The summed E-state index contributed by atoms with van der Waals surface area (Å²) in [7, 11) is 2.02. The summed E-state index contributed by atoms with van der Waals surface area (Å²) in [5, 5.41) is 3.22. The lowest BCUT2D eigenvalue weighted by Gasteiger charge is -2.15. The second kappa shape index (κ2) is 4.20. The highest BCUT2D eigenvalue weighted by Gasteiger charge is 2.25. The van der Waals surface area contributed by atoms with Crippen LogP contribution in [0.5, 0.6) is 0 Å². The average Bonchev–Trinajstić information content (AvgIpc) is 2.36. The number of rotatable bonds is 3. The van der Waals surface area contributed by atoms with E-state index in [1.807, 2.05) is 7.05 Å². The highest BCUT2D eigenvalue weighted by atomic mass is 35.5. The van der Waals surface area contributed by atoms with Gasteiger partial charge in [0, 0.05) is 5.88 Å². The number of nitrogens with one attached hydrogen (secondary N) is 1. The molecule has 1 nitrogen and oxygen atoms in total. The fourth-order valence-electron chi connectivity index (χ4n) is 1.85. The largest absolute Gasteiger partial charge is 0.319 e. The summed E-state index contributed by atoms with van der Waals surface area (Å²) in [6, 6.07) is 0. The van der Waals surface area contributed by atoms with E-state index in [0.717, 1.165) is 24.3 Å². The van der Waals surface area contributed by atoms with E-state index in [0.29, 0.717) is 0 Å². The monoisotopic (exact) mass is 161 g/mol. The summed E-state index contributed by atoms with van der Waals surface area (Å²) in [6.07, 6.45) is 4.10. The van der Waals surface area contributed by atoms with Crippen LogP contribution in [0.1, 0.15) is 19.3 Å². The summed E-state index contributed by atoms with van der Waals surface area (Å²) in [5.41, 5.74) is 0. The van der Waals surface area contributed by atoms with Crippen molar-refractivity contribution < 1.29 is 0 Å². The summed E-state index contributed by atoms with van der Waals surface area (Å²) >= 11 is 5.81. The third-order valence-electron chi connectivity index (χ3n) is 2.48. The van der Waals surface area contributed by atoms with Gasteiger partial charge in [-0.25, -0.2) is 0 Å². The maximum absolute atomic E-state index is 5.81. The Morgan fingerprint density at radius 1 is 1.40 bits per heavy atom. The molecule has 0 spiro atoms. The Hall–Kier alpha value is 0.250. The van der Waals surface area contributed by atoms with E-state index < -0.39 is 0 Å². The molecule has 60 valence electrons. The van der Waals surface area contributed by atoms with Crippen molar-refractivity contribution in [3.05, 3.63) is 0 Å². The number of hydrogen-bond donors (Lipinski definition) is 1. The van der Waals surface area contributed by atoms with Crippen molar-refractivity contribution in [1.29, 1.82) is 0 Å². The molecule has 0 heterocycles. The van der Waals surface area contributed by atoms with Crippen LogP contribution in [0, 0.1) is 11.8 Å². The summed E-state index contributed by atoms with van der Waals surface area (Å²) < 4.78 is 0. The number of hydrogen-bond acceptors (Lipinski definition) is 1. The molecule has 2 atom stereocenters. The summed E-state index contributed by atoms with van der Waals surface area (Å²) in [6.45, 7) is 1.15. The highest BCUT2D eigenvalue weighted by Crippen LogP contribution is 2.31. The number of alkyl halides is 1. The van der Waals surface area contributed by atoms with Gasteiger partial charge in [0.25, 0.3) is 0 Å². The van der Waals surface area contributed by atoms with E-state index >= 15 is 0 Å². The zero-order chi connectivity index (χ0) is 7.40. The van der Waals surface area contributed by atoms with Crippen LogP contribution >= 0.6 is 11.6 Å². The minimum atomic E-state index is 0.786. The van der Waals surface area contributed by atoms with Crippen LogP contribution in [0.3, 0.4) is 0 Å². The van der Waals surface area contributed by atoms with Gasteiger partial charge in [0.15, 0.2) is 0 Å². The predicted molar refractivity (Wildman–Crippen MR) is 45.5 cm³/mol. The molecule has 1 saturated carbocycles. The maximum Gasteiger partial charge on any atom is 0.0254 e. The van der Waals surface area contributed by atoms with Crippen LogP contribution < -0.4 is 5.32 Å². The second-order valence-electron chi connectivity index (χ2n) is 3.16. The van der Waals surface area contributed by atoms with E-state index in [-0.39, 0.29) is 0 Å². The van der Waals surface area contributed by atoms with Crippen molar-refractivity contribution in [3.8, 4) is 0 Å². The molecule has 0 bridgehead atoms. The molecular formula is C8H16ClN.